The van der Waals surface area contributed by atoms with Gasteiger partial charge in [0.1, 0.15) is 0 Å². The van der Waals surface area contributed by atoms with Crippen molar-refractivity contribution >= 4 is 17.9 Å². The number of methoxy groups -OCH3 is 1. The van der Waals surface area contributed by atoms with Crippen LogP contribution in [0, 0.1) is 17.8 Å². The monoisotopic (exact) mass is 525 g/mol. The van der Waals surface area contributed by atoms with Crippen molar-refractivity contribution in [1.29, 1.82) is 0 Å². The summed E-state index contributed by atoms with van der Waals surface area (Å²) in [6, 6.07) is 7.78. The summed E-state index contributed by atoms with van der Waals surface area (Å²) in [7, 11) is 1.60. The van der Waals surface area contributed by atoms with E-state index in [9.17, 15) is 9.59 Å². The van der Waals surface area contributed by atoms with Gasteiger partial charge in [0.15, 0.2) is 5.96 Å². The van der Waals surface area contributed by atoms with Gasteiger partial charge in [-0.25, -0.2) is 9.79 Å². The summed E-state index contributed by atoms with van der Waals surface area (Å²) in [4.78, 5) is 32.5. The standard InChI is InChI=1S/C30H47N5O3/c1-38-17-16-32-30(37)33-20-24-12-14-25(15-13-24)21-35-28(36)26(18-22-8-4-2-5-9-22)27(34-29(35)31)19-23-10-6-3-7-11-23/h12-15,22-23,26-27H,2-11,16-21H2,1H3,(H2,31,34)(H2,32,33,37). The molecule has 2 fully saturated rings. The van der Waals surface area contributed by atoms with Crippen LogP contribution >= 0.6 is 0 Å². The maximum absolute atomic E-state index is 13.9. The molecule has 1 aliphatic heterocycles. The number of rotatable bonds is 11. The Kier molecular flexibility index (Phi) is 10.9. The number of nitrogens with one attached hydrogen (secondary N) is 2. The van der Waals surface area contributed by atoms with Gasteiger partial charge < -0.3 is 21.1 Å². The number of amides is 3. The predicted molar refractivity (Wildman–Crippen MR) is 150 cm³/mol. The first kappa shape index (κ1) is 28.4. The van der Waals surface area contributed by atoms with Crippen LogP contribution in [0.2, 0.25) is 0 Å². The Labute approximate surface area is 228 Å². The van der Waals surface area contributed by atoms with E-state index in [2.05, 4.69) is 10.6 Å². The lowest BCUT2D eigenvalue weighted by molar-refractivity contribution is -0.134. The average Bonchev–Trinajstić information content (AvgIpc) is 2.94. The Hall–Kier alpha value is -2.61. The van der Waals surface area contributed by atoms with E-state index < -0.39 is 0 Å². The number of carbonyl (C=O) groups is 2. The molecule has 2 atom stereocenters. The van der Waals surface area contributed by atoms with Crippen molar-refractivity contribution in [3.63, 3.8) is 0 Å². The Morgan fingerprint density at radius 2 is 1.55 bits per heavy atom. The molecule has 8 heteroatoms. The molecule has 0 aromatic heterocycles. The molecule has 2 saturated carbocycles. The van der Waals surface area contributed by atoms with E-state index in [1.165, 1.54) is 64.2 Å². The van der Waals surface area contributed by atoms with Gasteiger partial charge in [-0.3, -0.25) is 9.69 Å². The minimum absolute atomic E-state index is 0.0206. The highest BCUT2D eigenvalue weighted by Gasteiger charge is 2.40. The lowest BCUT2D eigenvalue weighted by Crippen LogP contribution is -2.52. The quantitative estimate of drug-likeness (QED) is 0.363. The summed E-state index contributed by atoms with van der Waals surface area (Å²) < 4.78 is 4.94. The first-order chi connectivity index (χ1) is 18.5. The smallest absolute Gasteiger partial charge is 0.315 e. The summed E-state index contributed by atoms with van der Waals surface area (Å²) in [5.74, 6) is 1.76. The molecule has 3 amide bonds. The molecule has 4 N–H and O–H groups in total. The zero-order valence-electron chi connectivity index (χ0n) is 23.1. The van der Waals surface area contributed by atoms with Crippen LogP contribution in [0.4, 0.5) is 4.79 Å². The summed E-state index contributed by atoms with van der Waals surface area (Å²) in [5.41, 5.74) is 8.46. The number of urea groups is 1. The van der Waals surface area contributed by atoms with Gasteiger partial charge in [0.25, 0.3) is 0 Å². The molecule has 1 heterocycles. The van der Waals surface area contributed by atoms with Crippen molar-refractivity contribution in [3.8, 4) is 0 Å². The van der Waals surface area contributed by atoms with E-state index in [4.69, 9.17) is 15.5 Å². The van der Waals surface area contributed by atoms with E-state index >= 15 is 0 Å². The van der Waals surface area contributed by atoms with Crippen LogP contribution in [0.1, 0.15) is 88.2 Å². The Morgan fingerprint density at radius 3 is 2.18 bits per heavy atom. The topological polar surface area (TPSA) is 109 Å². The number of benzene rings is 1. The van der Waals surface area contributed by atoms with Gasteiger partial charge in [-0.1, -0.05) is 88.5 Å². The largest absolute Gasteiger partial charge is 0.383 e. The summed E-state index contributed by atoms with van der Waals surface area (Å²) in [6.45, 7) is 1.80. The fraction of sp³-hybridized carbons (Fsp3) is 0.700. The molecule has 210 valence electrons. The summed E-state index contributed by atoms with van der Waals surface area (Å²) in [6.07, 6.45) is 14.8. The van der Waals surface area contributed by atoms with Crippen LogP contribution in [0.3, 0.4) is 0 Å². The van der Waals surface area contributed by atoms with Crippen LogP contribution in [-0.2, 0) is 22.6 Å². The molecule has 4 rings (SSSR count). The zero-order chi connectivity index (χ0) is 26.7. The second kappa shape index (κ2) is 14.5. The molecule has 38 heavy (non-hydrogen) atoms. The van der Waals surface area contributed by atoms with Gasteiger partial charge in [0.2, 0.25) is 5.91 Å². The second-order valence-electron chi connectivity index (χ2n) is 11.5. The molecule has 8 nitrogen and oxygen atoms in total. The van der Waals surface area contributed by atoms with Crippen LogP contribution in [-0.4, -0.2) is 49.1 Å². The number of aliphatic imine (C=N–C) groups is 1. The number of ether oxygens (including phenoxy) is 1. The number of nitrogens with zero attached hydrogens (tertiary/aromatic N) is 2. The first-order valence-electron chi connectivity index (χ1n) is 14.8. The molecule has 0 radical (unpaired) electrons. The molecule has 0 spiro atoms. The first-order valence-corrected chi connectivity index (χ1v) is 14.8. The minimum atomic E-state index is -0.221. The van der Waals surface area contributed by atoms with Crippen LogP contribution in [0.5, 0.6) is 0 Å². The minimum Gasteiger partial charge on any atom is -0.383 e. The SMILES string of the molecule is COCCNC(=O)NCc1ccc(CN2C(=O)C(CC3CCCCC3)C(CC3CCCCC3)N=C2N)cc1. The third-order valence-corrected chi connectivity index (χ3v) is 8.64. The number of guanidine groups is 1. The highest BCUT2D eigenvalue weighted by Crippen LogP contribution is 2.37. The molecule has 3 aliphatic rings. The number of hydrogen-bond donors (Lipinski definition) is 3. The number of nitrogens with two attached hydrogens (primary N) is 1. The summed E-state index contributed by atoms with van der Waals surface area (Å²) in [5, 5.41) is 5.59. The highest BCUT2D eigenvalue weighted by atomic mass is 16.5. The van der Waals surface area contributed by atoms with Gasteiger partial charge in [-0.2, -0.15) is 0 Å². The third kappa shape index (κ3) is 8.19. The molecule has 2 aliphatic carbocycles. The van der Waals surface area contributed by atoms with Crippen LogP contribution in [0.15, 0.2) is 29.3 Å². The molecular weight excluding hydrogens is 478 g/mol. The van der Waals surface area contributed by atoms with E-state index in [1.54, 1.807) is 12.0 Å². The summed E-state index contributed by atoms with van der Waals surface area (Å²) >= 11 is 0. The van der Waals surface area contributed by atoms with E-state index in [0.29, 0.717) is 44.0 Å². The average molecular weight is 526 g/mol. The van der Waals surface area contributed by atoms with Crippen LogP contribution in [0.25, 0.3) is 0 Å². The lowest BCUT2D eigenvalue weighted by atomic mass is 9.76. The molecule has 0 saturated heterocycles. The van der Waals surface area contributed by atoms with Crippen molar-refractivity contribution < 1.29 is 14.3 Å². The normalized spacial score (nSPS) is 23.2. The van der Waals surface area contributed by atoms with Gasteiger partial charge in [-0.15, -0.1) is 0 Å². The van der Waals surface area contributed by atoms with Crippen molar-refractivity contribution in [3.05, 3.63) is 35.4 Å². The van der Waals surface area contributed by atoms with Crippen molar-refractivity contribution in [2.45, 2.75) is 96.2 Å². The van der Waals surface area contributed by atoms with Gasteiger partial charge in [-0.05, 0) is 35.8 Å². The maximum atomic E-state index is 13.9. The number of carbonyl (C=O) groups excluding carboxylic acids is 2. The zero-order valence-corrected chi connectivity index (χ0v) is 23.1. The second-order valence-corrected chi connectivity index (χ2v) is 11.5. The lowest BCUT2D eigenvalue weighted by Gasteiger charge is -2.38. The molecule has 0 bridgehead atoms. The molecular formula is C30H47N5O3. The van der Waals surface area contributed by atoms with Gasteiger partial charge in [0, 0.05) is 20.2 Å². The van der Waals surface area contributed by atoms with Crippen molar-refractivity contribution in [2.24, 2.45) is 28.5 Å². The van der Waals surface area contributed by atoms with Crippen LogP contribution < -0.4 is 16.4 Å². The fourth-order valence-electron chi connectivity index (χ4n) is 6.44. The molecule has 2 unspecified atom stereocenters. The number of hydrogen-bond acceptors (Lipinski definition) is 5. The Morgan fingerprint density at radius 1 is 0.947 bits per heavy atom. The van der Waals surface area contributed by atoms with Crippen molar-refractivity contribution in [2.75, 3.05) is 20.3 Å². The van der Waals surface area contributed by atoms with E-state index in [-0.39, 0.29) is 23.9 Å². The third-order valence-electron chi connectivity index (χ3n) is 8.64. The Bertz CT molecular complexity index is 922. The van der Waals surface area contributed by atoms with E-state index in [0.717, 1.165) is 24.0 Å². The predicted octanol–water partition coefficient (Wildman–Crippen LogP) is 4.71. The molecule has 1 aromatic carbocycles. The maximum Gasteiger partial charge on any atom is 0.315 e. The molecule has 1 aromatic rings. The Balaban J connectivity index is 1.39. The van der Waals surface area contributed by atoms with E-state index in [1.807, 2.05) is 24.3 Å². The highest BCUT2D eigenvalue weighted by molar-refractivity contribution is 5.99. The van der Waals surface area contributed by atoms with Crippen molar-refractivity contribution in [1.82, 2.24) is 15.5 Å². The fourth-order valence-corrected chi connectivity index (χ4v) is 6.44. The van der Waals surface area contributed by atoms with Gasteiger partial charge >= 0.3 is 6.03 Å². The van der Waals surface area contributed by atoms with Gasteiger partial charge in [0.05, 0.1) is 25.1 Å².